The van der Waals surface area contributed by atoms with Crippen LogP contribution in [-0.2, 0) is 10.3 Å². The van der Waals surface area contributed by atoms with Gasteiger partial charge in [-0.1, -0.05) is 12.2 Å². The summed E-state index contributed by atoms with van der Waals surface area (Å²) >= 11 is 0. The maximum absolute atomic E-state index is 10.5. The minimum absolute atomic E-state index is 0.176. The zero-order valence-electron chi connectivity index (χ0n) is 5.61. The van der Waals surface area contributed by atoms with Gasteiger partial charge in [-0.15, -0.1) is 0 Å². The van der Waals surface area contributed by atoms with Gasteiger partial charge in [0.25, 0.3) is 0 Å². The molecule has 0 radical (unpaired) electrons. The highest BCUT2D eigenvalue weighted by Gasteiger charge is 2.08. The van der Waals surface area contributed by atoms with Crippen LogP contribution in [0.4, 0.5) is 0 Å². The number of hydrogen-bond acceptors (Lipinski definition) is 3. The zero-order valence-corrected chi connectivity index (χ0v) is 6.43. The van der Waals surface area contributed by atoms with Gasteiger partial charge in [-0.2, -0.15) is 13.7 Å². The van der Waals surface area contributed by atoms with Gasteiger partial charge in [0.1, 0.15) is 6.07 Å². The monoisotopic (exact) mass is 167 g/mol. The lowest BCUT2D eigenvalue weighted by atomic mass is 10.1. The predicted molar refractivity (Wildman–Crippen MR) is 41.4 cm³/mol. The van der Waals surface area contributed by atoms with Crippen LogP contribution in [0.1, 0.15) is 6.42 Å². The molecule has 0 heterocycles. The first kappa shape index (κ1) is 7.76. The van der Waals surface area contributed by atoms with Crippen LogP contribution < -0.4 is 0 Å². The lowest BCUT2D eigenvalue weighted by Crippen LogP contribution is -2.03. The van der Waals surface area contributed by atoms with E-state index in [2.05, 4.69) is 0 Å². The van der Waals surface area contributed by atoms with Crippen LogP contribution in [0.15, 0.2) is 23.8 Å². The molecule has 4 heteroatoms. The number of hydrogen-bond donors (Lipinski definition) is 0. The Bertz CT molecular complexity index is 385. The van der Waals surface area contributed by atoms with Crippen LogP contribution in [0.2, 0.25) is 0 Å². The van der Waals surface area contributed by atoms with Gasteiger partial charge >= 0.3 is 0 Å². The first-order valence-corrected chi connectivity index (χ1v) is 4.05. The maximum atomic E-state index is 10.5. The number of rotatable bonds is 0. The zero-order chi connectivity index (χ0) is 8.27. The molecule has 0 amide bonds. The average Bonchev–Trinajstić information content (AvgIpc) is 2.04. The Labute approximate surface area is 65.8 Å². The smallest absolute Gasteiger partial charge is 0.192 e. The third-order valence-electron chi connectivity index (χ3n) is 1.32. The molecule has 0 unspecified atom stereocenters. The van der Waals surface area contributed by atoms with Crippen molar-refractivity contribution in [2.45, 2.75) is 6.42 Å². The molecule has 1 aliphatic rings. The van der Waals surface area contributed by atoms with Crippen molar-refractivity contribution in [3.63, 3.8) is 0 Å². The molecule has 3 nitrogen and oxygen atoms in total. The van der Waals surface area contributed by atoms with Crippen molar-refractivity contribution >= 4 is 15.2 Å². The lowest BCUT2D eigenvalue weighted by molar-refractivity contribution is 0.627. The Kier molecular flexibility index (Phi) is 2.24. The van der Waals surface area contributed by atoms with Gasteiger partial charge in [-0.05, 0) is 6.08 Å². The van der Waals surface area contributed by atoms with E-state index in [0.717, 1.165) is 0 Å². The van der Waals surface area contributed by atoms with Gasteiger partial charge in [0.2, 0.25) is 10.3 Å². The summed E-state index contributed by atoms with van der Waals surface area (Å²) in [5, 5.41) is 8.46. The molecule has 1 rings (SSSR count). The minimum atomic E-state index is -2.26. The van der Waals surface area contributed by atoms with E-state index in [-0.39, 0.29) is 10.4 Å². The molecule has 1 aliphatic carbocycles. The first-order chi connectivity index (χ1) is 5.25. The summed E-state index contributed by atoms with van der Waals surface area (Å²) in [6, 6.07) is 1.82. The van der Waals surface area contributed by atoms with Crippen molar-refractivity contribution in [3.8, 4) is 6.07 Å². The van der Waals surface area contributed by atoms with E-state index >= 15 is 0 Å². The Hall–Kier alpha value is -1.34. The van der Waals surface area contributed by atoms with E-state index in [1.165, 1.54) is 6.08 Å². The summed E-state index contributed by atoms with van der Waals surface area (Å²) in [5.41, 5.74) is 0.237. The molecule has 56 valence electrons. The van der Waals surface area contributed by atoms with Gasteiger partial charge in [-0.3, -0.25) is 0 Å². The van der Waals surface area contributed by atoms with Crippen molar-refractivity contribution in [1.29, 1.82) is 5.26 Å². The topological polar surface area (TPSA) is 57.9 Å². The van der Waals surface area contributed by atoms with Crippen LogP contribution in [0.25, 0.3) is 0 Å². The van der Waals surface area contributed by atoms with E-state index < -0.39 is 10.3 Å². The number of allylic oxidation sites excluding steroid dienone is 4. The molecule has 0 aromatic carbocycles. The highest BCUT2D eigenvalue weighted by atomic mass is 32.2. The standard InChI is InChI=1S/C7H5NO2S/c8-5-6-3-1-2-4-7(6)11(9)10/h1-3H,4H2. The fourth-order valence-corrected chi connectivity index (χ4v) is 1.33. The van der Waals surface area contributed by atoms with E-state index in [1.807, 2.05) is 6.07 Å². The van der Waals surface area contributed by atoms with E-state index in [4.69, 9.17) is 5.26 Å². The van der Waals surface area contributed by atoms with E-state index in [1.54, 1.807) is 12.2 Å². The number of nitrogens with zero attached hydrogens (tertiary/aromatic N) is 1. The summed E-state index contributed by atoms with van der Waals surface area (Å²) < 4.78 is 20.9. The highest BCUT2D eigenvalue weighted by molar-refractivity contribution is 7.73. The molecule has 0 N–H and O–H groups in total. The fourth-order valence-electron chi connectivity index (χ4n) is 0.800. The largest absolute Gasteiger partial charge is 0.218 e. The molecule has 0 aromatic heterocycles. The summed E-state index contributed by atoms with van der Waals surface area (Å²) in [7, 11) is -2.26. The molecule has 11 heavy (non-hydrogen) atoms. The SMILES string of the molecule is N#CC1=CC=CCC1=S(=O)=O. The molecule has 0 saturated carbocycles. The second-order valence-corrected chi connectivity index (χ2v) is 2.94. The molecule has 0 atom stereocenters. The average molecular weight is 167 g/mol. The van der Waals surface area contributed by atoms with Crippen LogP contribution in [0.5, 0.6) is 0 Å². The summed E-state index contributed by atoms with van der Waals surface area (Å²) in [6.45, 7) is 0. The van der Waals surface area contributed by atoms with Gasteiger partial charge < -0.3 is 0 Å². The maximum Gasteiger partial charge on any atom is 0.218 e. The van der Waals surface area contributed by atoms with E-state index in [9.17, 15) is 8.42 Å². The van der Waals surface area contributed by atoms with Gasteiger partial charge in [0.05, 0.1) is 10.4 Å². The molecule has 0 aliphatic heterocycles. The Morgan fingerprint density at radius 3 is 2.73 bits per heavy atom. The normalized spacial score (nSPS) is 15.5. The second kappa shape index (κ2) is 3.17. The summed E-state index contributed by atoms with van der Waals surface area (Å²) in [4.78, 5) is 0.176. The highest BCUT2D eigenvalue weighted by Crippen LogP contribution is 2.06. The van der Waals surface area contributed by atoms with Crippen molar-refractivity contribution in [2.24, 2.45) is 0 Å². The Morgan fingerprint density at radius 2 is 2.27 bits per heavy atom. The van der Waals surface area contributed by atoms with E-state index in [0.29, 0.717) is 6.42 Å². The van der Waals surface area contributed by atoms with Gasteiger partial charge in [0.15, 0.2) is 0 Å². The van der Waals surface area contributed by atoms with Gasteiger partial charge in [0, 0.05) is 6.42 Å². The van der Waals surface area contributed by atoms with Crippen molar-refractivity contribution in [2.75, 3.05) is 0 Å². The van der Waals surface area contributed by atoms with Crippen LogP contribution in [-0.4, -0.2) is 13.3 Å². The van der Waals surface area contributed by atoms with Crippen LogP contribution in [0.3, 0.4) is 0 Å². The molecule has 0 spiro atoms. The lowest BCUT2D eigenvalue weighted by Gasteiger charge is -1.98. The van der Waals surface area contributed by atoms with Crippen LogP contribution >= 0.6 is 0 Å². The van der Waals surface area contributed by atoms with Crippen molar-refractivity contribution < 1.29 is 8.42 Å². The van der Waals surface area contributed by atoms with Crippen molar-refractivity contribution in [1.82, 2.24) is 0 Å². The quantitative estimate of drug-likeness (QED) is 0.492. The molecule has 0 saturated heterocycles. The number of nitriles is 1. The fraction of sp³-hybridized carbons (Fsp3) is 0.143. The Morgan fingerprint density at radius 1 is 1.55 bits per heavy atom. The first-order valence-electron chi connectivity index (χ1n) is 2.98. The predicted octanol–water partition coefficient (Wildman–Crippen LogP) is 0.448. The molecular weight excluding hydrogens is 162 g/mol. The minimum Gasteiger partial charge on any atom is -0.192 e. The Balaban J connectivity index is 3.28. The molecule has 0 aromatic rings. The third-order valence-corrected chi connectivity index (χ3v) is 2.11. The second-order valence-electron chi connectivity index (χ2n) is 1.98. The molecule has 0 bridgehead atoms. The van der Waals surface area contributed by atoms with Crippen LogP contribution in [0, 0.1) is 11.3 Å². The van der Waals surface area contributed by atoms with Crippen molar-refractivity contribution in [3.05, 3.63) is 23.8 Å². The summed E-state index contributed by atoms with van der Waals surface area (Å²) in [5.74, 6) is 0. The van der Waals surface area contributed by atoms with Gasteiger partial charge in [-0.25, -0.2) is 0 Å². The molecular formula is C7H5NO2S. The third kappa shape index (κ3) is 1.57. The molecule has 0 fully saturated rings. The summed E-state index contributed by atoms with van der Waals surface area (Å²) in [6.07, 6.45) is 5.20.